The smallest absolute Gasteiger partial charge is 0.0216 e. The zero-order valence-electron chi connectivity index (χ0n) is 12.4. The van der Waals surface area contributed by atoms with Crippen molar-refractivity contribution in [1.29, 1.82) is 0 Å². The van der Waals surface area contributed by atoms with E-state index < -0.39 is 0 Å². The third-order valence-corrected chi connectivity index (χ3v) is 4.20. The topological polar surface area (TPSA) is 12.0 Å². The van der Waals surface area contributed by atoms with E-state index in [4.69, 9.17) is 0 Å². The molecule has 102 valence electrons. The molecule has 18 heavy (non-hydrogen) atoms. The Morgan fingerprint density at radius 1 is 1.11 bits per heavy atom. The molecule has 0 radical (unpaired) electrons. The molecule has 0 aliphatic rings. The lowest BCUT2D eigenvalue weighted by atomic mass is 10.1. The Labute approximate surface area is 117 Å². The van der Waals surface area contributed by atoms with Crippen molar-refractivity contribution in [3.63, 3.8) is 0 Å². The molecule has 0 aliphatic heterocycles. The first-order chi connectivity index (χ1) is 8.49. The predicted octanol–water partition coefficient (Wildman–Crippen LogP) is 4.49. The molecule has 1 nitrogen and oxygen atoms in total. The van der Waals surface area contributed by atoms with E-state index >= 15 is 0 Å². The summed E-state index contributed by atoms with van der Waals surface area (Å²) >= 11 is 1.98. The molecule has 0 unspecified atom stereocenters. The second-order valence-electron chi connectivity index (χ2n) is 5.84. The van der Waals surface area contributed by atoms with Crippen molar-refractivity contribution in [2.24, 2.45) is 11.8 Å². The molecule has 0 saturated heterocycles. The Kier molecular flexibility index (Phi) is 6.80. The lowest BCUT2D eigenvalue weighted by molar-refractivity contribution is 0.550. The highest BCUT2D eigenvalue weighted by Crippen LogP contribution is 2.25. The van der Waals surface area contributed by atoms with E-state index in [-0.39, 0.29) is 0 Å². The number of aryl methyl sites for hydroxylation is 1. The molecule has 0 heterocycles. The first-order valence-corrected chi connectivity index (χ1v) is 7.90. The molecular weight excluding hydrogens is 238 g/mol. The molecule has 0 fully saturated rings. The van der Waals surface area contributed by atoms with Gasteiger partial charge in [0.25, 0.3) is 0 Å². The van der Waals surface area contributed by atoms with Gasteiger partial charge in [0.1, 0.15) is 0 Å². The maximum absolute atomic E-state index is 3.54. The second-order valence-corrected chi connectivity index (χ2v) is 6.90. The summed E-state index contributed by atoms with van der Waals surface area (Å²) in [5.41, 5.74) is 2.80. The lowest BCUT2D eigenvalue weighted by Gasteiger charge is -2.13. The molecule has 0 aliphatic carbocycles. The highest BCUT2D eigenvalue weighted by atomic mass is 32.2. The normalized spacial score (nSPS) is 11.5. The average Bonchev–Trinajstić information content (AvgIpc) is 2.27. The van der Waals surface area contributed by atoms with Crippen LogP contribution in [0.4, 0.5) is 0 Å². The van der Waals surface area contributed by atoms with Crippen molar-refractivity contribution in [3.05, 3.63) is 29.3 Å². The van der Waals surface area contributed by atoms with E-state index in [1.54, 1.807) is 0 Å². The van der Waals surface area contributed by atoms with Crippen LogP contribution in [0.25, 0.3) is 0 Å². The van der Waals surface area contributed by atoms with E-state index in [1.165, 1.54) is 21.8 Å². The fourth-order valence-electron chi connectivity index (χ4n) is 1.74. The maximum atomic E-state index is 3.54. The average molecular weight is 265 g/mol. The van der Waals surface area contributed by atoms with Gasteiger partial charge in [-0.25, -0.2) is 0 Å². The summed E-state index contributed by atoms with van der Waals surface area (Å²) < 4.78 is 0. The minimum absolute atomic E-state index is 0.710. The molecule has 2 heteroatoms. The van der Waals surface area contributed by atoms with Crippen LogP contribution in [-0.2, 0) is 6.54 Å². The van der Waals surface area contributed by atoms with Crippen LogP contribution in [0, 0.1) is 18.8 Å². The highest BCUT2D eigenvalue weighted by Gasteiger charge is 2.05. The second kappa shape index (κ2) is 7.85. The van der Waals surface area contributed by atoms with E-state index in [2.05, 4.69) is 58.1 Å². The number of nitrogens with one attached hydrogen (secondary N) is 1. The minimum atomic E-state index is 0.710. The summed E-state index contributed by atoms with van der Waals surface area (Å²) in [4.78, 5) is 1.44. The van der Waals surface area contributed by atoms with E-state index in [1.807, 2.05) is 11.8 Å². The van der Waals surface area contributed by atoms with Crippen LogP contribution < -0.4 is 5.32 Å². The molecule has 1 aromatic rings. The molecule has 0 amide bonds. The van der Waals surface area contributed by atoms with Gasteiger partial charge in [0.2, 0.25) is 0 Å². The van der Waals surface area contributed by atoms with Crippen LogP contribution in [0.3, 0.4) is 0 Å². The molecule has 0 bridgehead atoms. The van der Waals surface area contributed by atoms with Crippen LogP contribution in [0.5, 0.6) is 0 Å². The third kappa shape index (κ3) is 5.92. The number of hydrogen-bond acceptors (Lipinski definition) is 2. The Morgan fingerprint density at radius 3 is 2.44 bits per heavy atom. The summed E-state index contributed by atoms with van der Waals surface area (Å²) in [6, 6.07) is 6.80. The number of hydrogen-bond donors (Lipinski definition) is 1. The summed E-state index contributed by atoms with van der Waals surface area (Å²) in [6.45, 7) is 13.3. The van der Waals surface area contributed by atoms with Gasteiger partial charge in [0, 0.05) is 17.2 Å². The van der Waals surface area contributed by atoms with Gasteiger partial charge < -0.3 is 5.32 Å². The number of rotatable bonds is 7. The van der Waals surface area contributed by atoms with Gasteiger partial charge in [-0.05, 0) is 36.9 Å². The molecule has 1 aromatic carbocycles. The van der Waals surface area contributed by atoms with Crippen molar-refractivity contribution in [2.45, 2.75) is 46.1 Å². The Hall–Kier alpha value is -0.470. The Balaban J connectivity index is 2.64. The molecule has 0 aromatic heterocycles. The van der Waals surface area contributed by atoms with Crippen molar-refractivity contribution in [2.75, 3.05) is 12.3 Å². The molecule has 0 spiro atoms. The monoisotopic (exact) mass is 265 g/mol. The van der Waals surface area contributed by atoms with Crippen LogP contribution in [0.2, 0.25) is 0 Å². The van der Waals surface area contributed by atoms with Gasteiger partial charge >= 0.3 is 0 Å². The summed E-state index contributed by atoms with van der Waals surface area (Å²) in [7, 11) is 0. The van der Waals surface area contributed by atoms with Gasteiger partial charge in [0.05, 0.1) is 0 Å². The van der Waals surface area contributed by atoms with Crippen LogP contribution in [-0.4, -0.2) is 12.3 Å². The zero-order valence-corrected chi connectivity index (χ0v) is 13.2. The van der Waals surface area contributed by atoms with Crippen molar-refractivity contribution < 1.29 is 0 Å². The maximum Gasteiger partial charge on any atom is 0.0216 e. The lowest BCUT2D eigenvalue weighted by Crippen LogP contribution is -2.19. The molecule has 0 saturated carbocycles. The fourth-order valence-corrected chi connectivity index (χ4v) is 2.73. The molecule has 0 atom stereocenters. The Bertz CT molecular complexity index is 358. The van der Waals surface area contributed by atoms with E-state index in [0.717, 1.165) is 19.0 Å². The third-order valence-electron chi connectivity index (χ3n) is 2.66. The van der Waals surface area contributed by atoms with E-state index in [0.29, 0.717) is 5.92 Å². The summed E-state index contributed by atoms with van der Waals surface area (Å²) in [6.07, 6.45) is 0. The molecule has 1 rings (SSSR count). The zero-order chi connectivity index (χ0) is 13.5. The fraction of sp³-hybridized carbons (Fsp3) is 0.625. The molecule has 1 N–H and O–H groups in total. The van der Waals surface area contributed by atoms with Crippen molar-refractivity contribution in [3.8, 4) is 0 Å². The van der Waals surface area contributed by atoms with Gasteiger partial charge in [-0.15, -0.1) is 11.8 Å². The first kappa shape index (κ1) is 15.6. The van der Waals surface area contributed by atoms with Gasteiger partial charge in [-0.2, -0.15) is 0 Å². The first-order valence-electron chi connectivity index (χ1n) is 6.92. The van der Waals surface area contributed by atoms with Gasteiger partial charge in [0.15, 0.2) is 0 Å². The highest BCUT2D eigenvalue weighted by molar-refractivity contribution is 7.99. The minimum Gasteiger partial charge on any atom is -0.312 e. The van der Waals surface area contributed by atoms with E-state index in [9.17, 15) is 0 Å². The van der Waals surface area contributed by atoms with Gasteiger partial charge in [-0.3, -0.25) is 0 Å². The number of benzene rings is 1. The summed E-state index contributed by atoms with van der Waals surface area (Å²) in [5.74, 6) is 2.65. The van der Waals surface area contributed by atoms with Crippen molar-refractivity contribution >= 4 is 11.8 Å². The van der Waals surface area contributed by atoms with Crippen LogP contribution in [0.1, 0.15) is 38.8 Å². The Morgan fingerprint density at radius 2 is 1.83 bits per heavy atom. The SMILES string of the molecule is Cc1ccc(SCC(C)C)c(CNCC(C)C)c1. The number of thioether (sulfide) groups is 1. The summed E-state index contributed by atoms with van der Waals surface area (Å²) in [5, 5.41) is 3.54. The van der Waals surface area contributed by atoms with Crippen LogP contribution in [0.15, 0.2) is 23.1 Å². The largest absolute Gasteiger partial charge is 0.312 e. The molecular formula is C16H27NS. The van der Waals surface area contributed by atoms with Crippen molar-refractivity contribution in [1.82, 2.24) is 5.32 Å². The van der Waals surface area contributed by atoms with Crippen LogP contribution >= 0.6 is 11.8 Å². The predicted molar refractivity (Wildman–Crippen MR) is 83.3 cm³/mol. The van der Waals surface area contributed by atoms with Gasteiger partial charge in [-0.1, -0.05) is 45.4 Å². The standard InChI is InChI=1S/C16H27NS/c1-12(2)9-17-10-15-8-14(5)6-7-16(15)18-11-13(3)4/h6-8,12-13,17H,9-11H2,1-5H3. The quantitative estimate of drug-likeness (QED) is 0.729.